The molecule has 0 saturated heterocycles. The van der Waals surface area contributed by atoms with Gasteiger partial charge >= 0.3 is 0 Å². The smallest absolute Gasteiger partial charge is 0.0263 e. The van der Waals surface area contributed by atoms with Gasteiger partial charge in [-0.3, -0.25) is 0 Å². The van der Waals surface area contributed by atoms with Crippen LogP contribution in [0.25, 0.3) is 6.08 Å². The van der Waals surface area contributed by atoms with Gasteiger partial charge in [0.25, 0.3) is 0 Å². The van der Waals surface area contributed by atoms with E-state index in [2.05, 4.69) is 34.7 Å². The third-order valence-corrected chi connectivity index (χ3v) is 1.63. The Bertz CT molecular complexity index is 279. The molecule has 0 fully saturated rings. The lowest BCUT2D eigenvalue weighted by atomic mass is 10.1. The molecule has 0 amide bonds. The van der Waals surface area contributed by atoms with Gasteiger partial charge in [0.05, 0.1) is 0 Å². The molecule has 0 radical (unpaired) electrons. The Labute approximate surface area is 79.8 Å². The van der Waals surface area contributed by atoms with E-state index < -0.39 is 0 Å². The summed E-state index contributed by atoms with van der Waals surface area (Å²) in [5.41, 5.74) is 1.88. The summed E-state index contributed by atoms with van der Waals surface area (Å²) in [5.74, 6) is 0. The van der Waals surface area contributed by atoms with Gasteiger partial charge in [0.2, 0.25) is 0 Å². The summed E-state index contributed by atoms with van der Waals surface area (Å²) < 4.78 is 1.91. The topological polar surface area (TPSA) is 23.9 Å². The van der Waals surface area contributed by atoms with Gasteiger partial charge in [0.1, 0.15) is 0 Å². The molecule has 1 rings (SSSR count). The van der Waals surface area contributed by atoms with Crippen molar-refractivity contribution in [3.05, 3.63) is 39.5 Å². The molecule has 11 heavy (non-hydrogen) atoms. The SMILES string of the molecule is N=Cc1cc#ccc1/C=C\I. The van der Waals surface area contributed by atoms with E-state index in [1.807, 2.05) is 16.2 Å². The van der Waals surface area contributed by atoms with Crippen LogP contribution in [0.2, 0.25) is 0 Å². The number of halogens is 1. The lowest BCUT2D eigenvalue weighted by Gasteiger charge is -1.93. The van der Waals surface area contributed by atoms with Gasteiger partial charge in [0, 0.05) is 11.8 Å². The highest BCUT2D eigenvalue weighted by Gasteiger charge is 1.91. The van der Waals surface area contributed by atoms with Crippen molar-refractivity contribution in [2.24, 2.45) is 0 Å². The quantitative estimate of drug-likeness (QED) is 0.620. The van der Waals surface area contributed by atoms with Crippen LogP contribution in [0.4, 0.5) is 0 Å². The van der Waals surface area contributed by atoms with Gasteiger partial charge < -0.3 is 5.41 Å². The Morgan fingerprint density at radius 3 is 2.45 bits per heavy atom. The molecule has 54 valence electrons. The van der Waals surface area contributed by atoms with E-state index in [0.29, 0.717) is 0 Å². The molecule has 0 unspecified atom stereocenters. The molecular formula is C9H6IN. The minimum Gasteiger partial charge on any atom is -0.308 e. The van der Waals surface area contributed by atoms with Gasteiger partial charge in [-0.2, -0.15) is 0 Å². The summed E-state index contributed by atoms with van der Waals surface area (Å²) in [5, 5.41) is 7.07. The van der Waals surface area contributed by atoms with E-state index in [9.17, 15) is 0 Å². The molecule has 1 aromatic rings. The molecule has 1 N–H and O–H groups in total. The van der Waals surface area contributed by atoms with Crippen LogP contribution in [0.15, 0.2) is 16.2 Å². The molecule has 0 spiro atoms. The third-order valence-electron chi connectivity index (χ3n) is 1.27. The summed E-state index contributed by atoms with van der Waals surface area (Å²) in [6.07, 6.45) is 3.25. The van der Waals surface area contributed by atoms with Crippen molar-refractivity contribution >= 4 is 34.9 Å². The first-order chi connectivity index (χ1) is 5.38. The van der Waals surface area contributed by atoms with Crippen molar-refractivity contribution in [2.75, 3.05) is 0 Å². The van der Waals surface area contributed by atoms with Crippen LogP contribution in [0, 0.1) is 17.5 Å². The standard InChI is InChI=1S/C9H6IN/c10-6-5-8-3-1-2-4-9(8)7-11/h3-7,11H/b6-5-,11-7?. The predicted octanol–water partition coefficient (Wildman–Crippen LogP) is 2.69. The molecule has 0 saturated carbocycles. The van der Waals surface area contributed by atoms with E-state index >= 15 is 0 Å². The Hall–Kier alpha value is -0.820. The lowest BCUT2D eigenvalue weighted by molar-refractivity contribution is 1.53. The van der Waals surface area contributed by atoms with Crippen molar-refractivity contribution in [3.8, 4) is 0 Å². The Morgan fingerprint density at radius 2 is 1.91 bits per heavy atom. The molecular weight excluding hydrogens is 249 g/mol. The molecule has 0 atom stereocenters. The number of hydrogen-bond donors (Lipinski definition) is 1. The number of rotatable bonds is 2. The maximum absolute atomic E-state index is 7.07. The largest absolute Gasteiger partial charge is 0.308 e. The molecule has 0 aromatic heterocycles. The summed E-state index contributed by atoms with van der Waals surface area (Å²) in [6, 6.07) is 9.20. The number of nitrogens with one attached hydrogen (secondary N) is 1. The average molecular weight is 255 g/mol. The van der Waals surface area contributed by atoms with Crippen LogP contribution in [-0.2, 0) is 0 Å². The zero-order valence-corrected chi connectivity index (χ0v) is 7.92. The van der Waals surface area contributed by atoms with Crippen LogP contribution in [-0.4, -0.2) is 6.21 Å². The normalized spacial score (nSPS) is 9.55. The van der Waals surface area contributed by atoms with Crippen LogP contribution >= 0.6 is 22.6 Å². The summed E-state index contributed by atoms with van der Waals surface area (Å²) in [4.78, 5) is 0. The average Bonchev–Trinajstić information content (AvgIpc) is 2.06. The monoisotopic (exact) mass is 255 g/mol. The molecule has 0 aliphatic heterocycles. The minimum atomic E-state index is 0.872. The van der Waals surface area contributed by atoms with Gasteiger partial charge in [0.15, 0.2) is 0 Å². The molecule has 1 nitrogen and oxygen atoms in total. The first-order valence-corrected chi connectivity index (χ1v) is 4.32. The first kappa shape index (κ1) is 8.28. The molecule has 0 aliphatic rings. The van der Waals surface area contributed by atoms with Gasteiger partial charge in [-0.25, -0.2) is 0 Å². The maximum Gasteiger partial charge on any atom is 0.0263 e. The highest BCUT2D eigenvalue weighted by Crippen LogP contribution is 2.06. The highest BCUT2D eigenvalue weighted by molar-refractivity contribution is 14.1. The van der Waals surface area contributed by atoms with Gasteiger partial charge in [-0.15, -0.1) is 0 Å². The van der Waals surface area contributed by atoms with E-state index in [0.717, 1.165) is 11.1 Å². The van der Waals surface area contributed by atoms with Gasteiger partial charge in [-0.1, -0.05) is 34.7 Å². The highest BCUT2D eigenvalue weighted by atomic mass is 127. The maximum atomic E-state index is 7.07. The second kappa shape index (κ2) is 4.14. The van der Waals surface area contributed by atoms with Crippen LogP contribution in [0.3, 0.4) is 0 Å². The third kappa shape index (κ3) is 2.05. The molecule has 2 heteroatoms. The summed E-state index contributed by atoms with van der Waals surface area (Å²) in [6.45, 7) is 0. The lowest BCUT2D eigenvalue weighted by Crippen LogP contribution is -1.82. The Morgan fingerprint density at radius 1 is 1.27 bits per heavy atom. The van der Waals surface area contributed by atoms with E-state index in [1.165, 1.54) is 6.21 Å². The van der Waals surface area contributed by atoms with Crippen LogP contribution in [0.5, 0.6) is 0 Å². The Balaban J connectivity index is 3.11. The van der Waals surface area contributed by atoms with Crippen molar-refractivity contribution < 1.29 is 0 Å². The van der Waals surface area contributed by atoms with E-state index in [4.69, 9.17) is 5.41 Å². The van der Waals surface area contributed by atoms with Crippen LogP contribution in [0.1, 0.15) is 11.1 Å². The first-order valence-electron chi connectivity index (χ1n) is 3.07. The predicted molar refractivity (Wildman–Crippen MR) is 55.1 cm³/mol. The molecule has 0 bridgehead atoms. The van der Waals surface area contributed by atoms with Crippen molar-refractivity contribution in [3.63, 3.8) is 0 Å². The zero-order valence-electron chi connectivity index (χ0n) is 5.76. The van der Waals surface area contributed by atoms with Crippen molar-refractivity contribution in [2.45, 2.75) is 0 Å². The van der Waals surface area contributed by atoms with Crippen LogP contribution < -0.4 is 0 Å². The van der Waals surface area contributed by atoms with Crippen molar-refractivity contribution in [1.29, 1.82) is 5.41 Å². The van der Waals surface area contributed by atoms with Gasteiger partial charge in [-0.05, 0) is 27.9 Å². The zero-order chi connectivity index (χ0) is 8.10. The Kier molecular flexibility index (Phi) is 3.12. The summed E-state index contributed by atoms with van der Waals surface area (Å²) in [7, 11) is 0. The molecule has 0 aliphatic carbocycles. The second-order valence-electron chi connectivity index (χ2n) is 1.93. The fourth-order valence-corrected chi connectivity index (χ4v) is 1.13. The molecule has 0 heterocycles. The van der Waals surface area contributed by atoms with E-state index in [1.54, 1.807) is 6.07 Å². The fraction of sp³-hybridized carbons (Fsp3) is 0. The minimum absolute atomic E-state index is 0.872. The van der Waals surface area contributed by atoms with E-state index in [-0.39, 0.29) is 0 Å². The summed E-state index contributed by atoms with van der Waals surface area (Å²) >= 11 is 2.14. The van der Waals surface area contributed by atoms with Crippen molar-refractivity contribution in [1.82, 2.24) is 0 Å². The molecule has 1 aromatic carbocycles. The number of hydrogen-bond acceptors (Lipinski definition) is 1. The second-order valence-corrected chi connectivity index (χ2v) is 2.64. The fourth-order valence-electron chi connectivity index (χ4n) is 0.743.